The molecule has 0 aromatic carbocycles. The molecule has 0 atom stereocenters. The van der Waals surface area contributed by atoms with Crippen LogP contribution in [0.2, 0.25) is 0 Å². The van der Waals surface area contributed by atoms with Crippen molar-refractivity contribution in [2.75, 3.05) is 53.9 Å². The van der Waals surface area contributed by atoms with Gasteiger partial charge in [-0.05, 0) is 64.2 Å². The Morgan fingerprint density at radius 3 is 1.23 bits per heavy atom. The van der Waals surface area contributed by atoms with Crippen LogP contribution in [0, 0.1) is 22.7 Å². The van der Waals surface area contributed by atoms with Crippen molar-refractivity contribution in [3.05, 3.63) is 0 Å². The van der Waals surface area contributed by atoms with Crippen LogP contribution in [0.15, 0.2) is 0 Å². The van der Waals surface area contributed by atoms with E-state index in [0.29, 0.717) is 5.41 Å². The largest absolute Gasteiger partial charge is 0.384 e. The van der Waals surface area contributed by atoms with E-state index in [1.54, 1.807) is 0 Å². The van der Waals surface area contributed by atoms with Crippen LogP contribution in [0.1, 0.15) is 91.9 Å². The predicted octanol–water partition coefficient (Wildman–Crippen LogP) is 6.51. The molecule has 0 radical (unpaired) electrons. The predicted molar refractivity (Wildman–Crippen MR) is 126 cm³/mol. The molecule has 0 unspecified atom stereocenters. The van der Waals surface area contributed by atoms with Gasteiger partial charge in [-0.25, -0.2) is 0 Å². The summed E-state index contributed by atoms with van der Waals surface area (Å²) in [5.41, 5.74) is 0.558. The monoisotopic (exact) mass is 428 g/mol. The number of methoxy groups -OCH3 is 2. The van der Waals surface area contributed by atoms with E-state index in [-0.39, 0.29) is 5.41 Å². The Labute approximate surface area is 187 Å². The van der Waals surface area contributed by atoms with Gasteiger partial charge in [-0.15, -0.1) is 0 Å². The zero-order valence-electron chi connectivity index (χ0n) is 21.1. The Kier molecular flexibility index (Phi) is 14.5. The summed E-state index contributed by atoms with van der Waals surface area (Å²) < 4.78 is 22.2. The minimum atomic E-state index is 0.242. The Morgan fingerprint density at radius 2 is 0.967 bits per heavy atom. The fraction of sp³-hybridized carbons (Fsp3) is 1.00. The molecule has 30 heavy (non-hydrogen) atoms. The van der Waals surface area contributed by atoms with Crippen molar-refractivity contribution >= 4 is 0 Å². The van der Waals surface area contributed by atoms with Gasteiger partial charge in [-0.1, -0.05) is 39.5 Å². The lowest BCUT2D eigenvalue weighted by Gasteiger charge is -2.43. The SMILES string of the molecule is CCOCC(CC)(CC)COCC.COCC(COC)(C1CCCC1)C1CCCC1. The second kappa shape index (κ2) is 15.6. The molecule has 0 heterocycles. The molecule has 2 fully saturated rings. The number of ether oxygens (including phenoxy) is 4. The molecule has 0 amide bonds. The van der Waals surface area contributed by atoms with E-state index in [9.17, 15) is 0 Å². The van der Waals surface area contributed by atoms with E-state index >= 15 is 0 Å². The molecule has 0 aromatic heterocycles. The maximum atomic E-state index is 5.60. The maximum absolute atomic E-state index is 5.60. The maximum Gasteiger partial charge on any atom is 0.0546 e. The lowest BCUT2D eigenvalue weighted by Crippen LogP contribution is -2.44. The van der Waals surface area contributed by atoms with E-state index in [1.807, 2.05) is 28.1 Å². The summed E-state index contributed by atoms with van der Waals surface area (Å²) in [4.78, 5) is 0. The third-order valence-corrected chi connectivity index (χ3v) is 7.89. The zero-order chi connectivity index (χ0) is 22.3. The molecular formula is C26H52O4. The van der Waals surface area contributed by atoms with E-state index < -0.39 is 0 Å². The van der Waals surface area contributed by atoms with E-state index in [4.69, 9.17) is 18.9 Å². The van der Waals surface area contributed by atoms with E-state index in [0.717, 1.165) is 64.3 Å². The van der Waals surface area contributed by atoms with Gasteiger partial charge in [0, 0.05) is 38.3 Å². The van der Waals surface area contributed by atoms with Crippen LogP contribution in [0.25, 0.3) is 0 Å². The fourth-order valence-corrected chi connectivity index (χ4v) is 5.72. The van der Waals surface area contributed by atoms with Gasteiger partial charge in [-0.2, -0.15) is 0 Å². The summed E-state index contributed by atoms with van der Waals surface area (Å²) in [6.45, 7) is 13.6. The van der Waals surface area contributed by atoms with Gasteiger partial charge < -0.3 is 18.9 Å². The molecule has 2 aliphatic rings. The second-order valence-corrected chi connectivity index (χ2v) is 9.54. The van der Waals surface area contributed by atoms with Crippen molar-refractivity contribution < 1.29 is 18.9 Å². The number of rotatable bonds is 14. The Hall–Kier alpha value is -0.160. The Balaban J connectivity index is 0.000000314. The lowest BCUT2D eigenvalue weighted by molar-refractivity contribution is -0.0674. The van der Waals surface area contributed by atoms with Crippen molar-refractivity contribution in [2.24, 2.45) is 22.7 Å². The molecule has 0 aliphatic heterocycles. The molecule has 0 saturated heterocycles. The first-order valence-corrected chi connectivity index (χ1v) is 12.7. The molecule has 2 saturated carbocycles. The minimum absolute atomic E-state index is 0.242. The van der Waals surface area contributed by atoms with Crippen molar-refractivity contribution in [1.29, 1.82) is 0 Å². The smallest absolute Gasteiger partial charge is 0.0546 e. The third-order valence-electron chi connectivity index (χ3n) is 7.89. The highest BCUT2D eigenvalue weighted by Gasteiger charge is 2.47. The van der Waals surface area contributed by atoms with Crippen molar-refractivity contribution in [1.82, 2.24) is 0 Å². The van der Waals surface area contributed by atoms with Crippen molar-refractivity contribution in [3.8, 4) is 0 Å². The van der Waals surface area contributed by atoms with Gasteiger partial charge in [0.05, 0.1) is 26.4 Å². The van der Waals surface area contributed by atoms with Crippen LogP contribution in [0.5, 0.6) is 0 Å². The van der Waals surface area contributed by atoms with Crippen molar-refractivity contribution in [3.63, 3.8) is 0 Å². The average molecular weight is 429 g/mol. The van der Waals surface area contributed by atoms with Crippen LogP contribution >= 0.6 is 0 Å². The first-order chi connectivity index (χ1) is 14.6. The number of hydrogen-bond acceptors (Lipinski definition) is 4. The van der Waals surface area contributed by atoms with Gasteiger partial charge >= 0.3 is 0 Å². The first kappa shape index (κ1) is 27.9. The molecule has 0 bridgehead atoms. The Bertz CT molecular complexity index is 362. The van der Waals surface area contributed by atoms with Crippen molar-refractivity contribution in [2.45, 2.75) is 91.9 Å². The zero-order valence-corrected chi connectivity index (χ0v) is 21.1. The van der Waals surface area contributed by atoms with Gasteiger partial charge in [0.25, 0.3) is 0 Å². The summed E-state index contributed by atoms with van der Waals surface area (Å²) >= 11 is 0. The summed E-state index contributed by atoms with van der Waals surface area (Å²) in [7, 11) is 3.71. The van der Waals surface area contributed by atoms with E-state index in [2.05, 4.69) is 13.8 Å². The summed E-state index contributed by atoms with van der Waals surface area (Å²) in [5, 5.41) is 0. The molecular weight excluding hydrogens is 376 g/mol. The van der Waals surface area contributed by atoms with Crippen LogP contribution in [-0.2, 0) is 18.9 Å². The highest BCUT2D eigenvalue weighted by atomic mass is 16.5. The first-order valence-electron chi connectivity index (χ1n) is 12.7. The van der Waals surface area contributed by atoms with Crippen LogP contribution in [-0.4, -0.2) is 53.9 Å². The quantitative estimate of drug-likeness (QED) is 0.316. The summed E-state index contributed by atoms with van der Waals surface area (Å²) in [6, 6.07) is 0. The summed E-state index contributed by atoms with van der Waals surface area (Å²) in [5.74, 6) is 1.68. The van der Waals surface area contributed by atoms with Crippen LogP contribution in [0.3, 0.4) is 0 Å². The van der Waals surface area contributed by atoms with Crippen LogP contribution in [0.4, 0.5) is 0 Å². The average Bonchev–Trinajstić information content (AvgIpc) is 3.49. The molecule has 0 spiro atoms. The van der Waals surface area contributed by atoms with Gasteiger partial charge in [0.1, 0.15) is 0 Å². The number of hydrogen-bond donors (Lipinski definition) is 0. The van der Waals surface area contributed by atoms with Gasteiger partial charge in [0.2, 0.25) is 0 Å². The normalized spacial score (nSPS) is 18.6. The minimum Gasteiger partial charge on any atom is -0.384 e. The highest BCUT2D eigenvalue weighted by Crippen LogP contribution is 2.50. The highest BCUT2D eigenvalue weighted by molar-refractivity contribution is 4.96. The molecule has 2 aliphatic carbocycles. The van der Waals surface area contributed by atoms with Gasteiger partial charge in [-0.3, -0.25) is 0 Å². The molecule has 4 nitrogen and oxygen atoms in total. The molecule has 4 heteroatoms. The Morgan fingerprint density at radius 1 is 0.600 bits per heavy atom. The standard InChI is InChI=1S/C15H28O2.C11H24O2/c1-16-11-15(12-17-2,13-7-3-4-8-13)14-9-5-6-10-14;1-5-11(6-2,9-12-7-3)10-13-8-4/h13-14H,3-12H2,1-2H3;5-10H2,1-4H3. The molecule has 0 N–H and O–H groups in total. The summed E-state index contributed by atoms with van der Waals surface area (Å²) in [6.07, 6.45) is 13.5. The third kappa shape index (κ3) is 8.07. The van der Waals surface area contributed by atoms with Crippen LogP contribution < -0.4 is 0 Å². The second-order valence-electron chi connectivity index (χ2n) is 9.54. The lowest BCUT2D eigenvalue weighted by atomic mass is 9.66. The van der Waals surface area contributed by atoms with Gasteiger partial charge in [0.15, 0.2) is 0 Å². The molecule has 180 valence electrons. The fourth-order valence-electron chi connectivity index (χ4n) is 5.72. The molecule has 0 aromatic rings. The topological polar surface area (TPSA) is 36.9 Å². The van der Waals surface area contributed by atoms with E-state index in [1.165, 1.54) is 51.4 Å². The molecule has 2 rings (SSSR count).